The number of rotatable bonds is 7. The molecule has 0 spiro atoms. The van der Waals surface area contributed by atoms with E-state index in [1.807, 2.05) is 39.8 Å². The number of Topliss-reactive ketones (excluding diaryl/α,β-unsaturated/α-hetero) is 1. The highest BCUT2D eigenvalue weighted by Crippen LogP contribution is 2.27. The van der Waals surface area contributed by atoms with Gasteiger partial charge in [0.25, 0.3) is 5.91 Å². The van der Waals surface area contributed by atoms with Crippen LogP contribution in [0.3, 0.4) is 0 Å². The second-order valence-electron chi connectivity index (χ2n) is 9.11. The molecular formula is C25H25N7O2S. The number of hydrogen-bond donors (Lipinski definition) is 1. The quantitative estimate of drug-likeness (QED) is 0.372. The molecule has 35 heavy (non-hydrogen) atoms. The Morgan fingerprint density at radius 1 is 1.00 bits per heavy atom. The molecule has 1 amide bonds. The Hall–Kier alpha value is -3.92. The van der Waals surface area contributed by atoms with Crippen molar-refractivity contribution in [2.24, 2.45) is 0 Å². The number of carbonyl (C=O) groups is 2. The Labute approximate surface area is 207 Å². The van der Waals surface area contributed by atoms with E-state index in [0.717, 1.165) is 11.3 Å². The molecule has 0 saturated carbocycles. The number of aromatic nitrogens is 6. The van der Waals surface area contributed by atoms with Gasteiger partial charge in [-0.15, -0.1) is 11.3 Å². The van der Waals surface area contributed by atoms with Crippen LogP contribution in [0.4, 0.5) is 5.82 Å². The van der Waals surface area contributed by atoms with Crippen LogP contribution in [0.1, 0.15) is 70.9 Å². The minimum absolute atomic E-state index is 0.118. The number of nitrogens with one attached hydrogen (secondary N) is 1. The molecule has 1 atom stereocenters. The summed E-state index contributed by atoms with van der Waals surface area (Å²) in [5, 5.41) is 3.50. The van der Waals surface area contributed by atoms with E-state index in [0.29, 0.717) is 27.1 Å². The molecule has 0 aliphatic rings. The minimum Gasteiger partial charge on any atom is -0.306 e. The van der Waals surface area contributed by atoms with Gasteiger partial charge in [-0.1, -0.05) is 27.7 Å². The zero-order chi connectivity index (χ0) is 25.0. The molecule has 178 valence electrons. The van der Waals surface area contributed by atoms with E-state index in [1.54, 1.807) is 24.5 Å². The van der Waals surface area contributed by atoms with E-state index in [2.05, 4.69) is 35.2 Å². The predicted octanol–water partition coefficient (Wildman–Crippen LogP) is 4.71. The normalized spacial score (nSPS) is 12.2. The molecule has 0 saturated heterocycles. The first-order valence-electron chi connectivity index (χ1n) is 11.1. The summed E-state index contributed by atoms with van der Waals surface area (Å²) in [4.78, 5) is 51.3. The first kappa shape index (κ1) is 24.2. The molecule has 1 unspecified atom stereocenters. The molecule has 4 heterocycles. The number of thiazole rings is 1. The number of nitrogens with zero attached hydrogens (tertiary/aromatic N) is 6. The van der Waals surface area contributed by atoms with Crippen LogP contribution in [0.2, 0.25) is 0 Å². The van der Waals surface area contributed by atoms with E-state index in [1.165, 1.54) is 30.2 Å². The number of hydrogen-bond acceptors (Lipinski definition) is 9. The van der Waals surface area contributed by atoms with Gasteiger partial charge in [0, 0.05) is 41.8 Å². The largest absolute Gasteiger partial charge is 0.306 e. The molecule has 0 aliphatic heterocycles. The van der Waals surface area contributed by atoms with Gasteiger partial charge in [-0.3, -0.25) is 14.6 Å². The first-order valence-corrected chi connectivity index (χ1v) is 11.9. The van der Waals surface area contributed by atoms with Gasteiger partial charge in [-0.05, 0) is 18.2 Å². The van der Waals surface area contributed by atoms with E-state index in [4.69, 9.17) is 0 Å². The van der Waals surface area contributed by atoms with Crippen LogP contribution in [0.25, 0.3) is 11.3 Å². The standard InChI is InChI=1S/C25H25N7O2S/c1-15(9-19(33)18-10-17(28-13-29-18)16-5-7-26-8-6-16)24-27-12-20(35-24)23(34)32-22-11-21(25(2,3)4)30-14-31-22/h5-8,10-15H,9H2,1-4H3,(H,30,31,32,34). The van der Waals surface area contributed by atoms with Crippen molar-refractivity contribution in [2.75, 3.05) is 5.32 Å². The molecular weight excluding hydrogens is 462 g/mol. The summed E-state index contributed by atoms with van der Waals surface area (Å²) in [7, 11) is 0. The fraction of sp³-hybridized carbons (Fsp3) is 0.280. The average Bonchev–Trinajstić information content (AvgIpc) is 3.35. The van der Waals surface area contributed by atoms with Crippen molar-refractivity contribution in [1.29, 1.82) is 0 Å². The topological polar surface area (TPSA) is 124 Å². The summed E-state index contributed by atoms with van der Waals surface area (Å²) >= 11 is 1.26. The molecule has 1 N–H and O–H groups in total. The molecule has 9 nitrogen and oxygen atoms in total. The summed E-state index contributed by atoms with van der Waals surface area (Å²) in [6.45, 7) is 8.03. The number of amides is 1. The Kier molecular flexibility index (Phi) is 7.02. The second kappa shape index (κ2) is 10.1. The number of anilines is 1. The highest BCUT2D eigenvalue weighted by Gasteiger charge is 2.21. The maximum absolute atomic E-state index is 12.9. The Balaban J connectivity index is 1.42. The maximum Gasteiger partial charge on any atom is 0.268 e. The van der Waals surface area contributed by atoms with Gasteiger partial charge in [-0.2, -0.15) is 0 Å². The third-order valence-corrected chi connectivity index (χ3v) is 6.49. The molecule has 0 fully saturated rings. The monoisotopic (exact) mass is 487 g/mol. The third kappa shape index (κ3) is 5.96. The molecule has 0 aliphatic carbocycles. The van der Waals surface area contributed by atoms with E-state index in [-0.39, 0.29) is 29.4 Å². The maximum atomic E-state index is 12.9. The highest BCUT2D eigenvalue weighted by molar-refractivity contribution is 7.13. The van der Waals surface area contributed by atoms with Gasteiger partial charge in [0.2, 0.25) is 0 Å². The van der Waals surface area contributed by atoms with Crippen molar-refractivity contribution in [3.05, 3.63) is 76.8 Å². The zero-order valence-electron chi connectivity index (χ0n) is 19.9. The van der Waals surface area contributed by atoms with Crippen molar-refractivity contribution >= 4 is 28.8 Å². The van der Waals surface area contributed by atoms with E-state index >= 15 is 0 Å². The van der Waals surface area contributed by atoms with Crippen molar-refractivity contribution in [3.63, 3.8) is 0 Å². The van der Waals surface area contributed by atoms with E-state index in [9.17, 15) is 9.59 Å². The average molecular weight is 488 g/mol. The van der Waals surface area contributed by atoms with Crippen LogP contribution < -0.4 is 5.32 Å². The van der Waals surface area contributed by atoms with Gasteiger partial charge in [0.05, 0.1) is 22.6 Å². The fourth-order valence-corrected chi connectivity index (χ4v) is 4.16. The molecule has 0 bridgehead atoms. The van der Waals surface area contributed by atoms with Gasteiger partial charge in [-0.25, -0.2) is 24.9 Å². The lowest BCUT2D eigenvalue weighted by molar-refractivity contribution is 0.0969. The van der Waals surface area contributed by atoms with Crippen LogP contribution >= 0.6 is 11.3 Å². The first-order chi connectivity index (χ1) is 16.7. The van der Waals surface area contributed by atoms with Crippen molar-refractivity contribution in [2.45, 2.75) is 45.4 Å². The van der Waals surface area contributed by atoms with Crippen LogP contribution in [0.5, 0.6) is 0 Å². The molecule has 0 aromatic carbocycles. The van der Waals surface area contributed by atoms with Gasteiger partial charge >= 0.3 is 0 Å². The lowest BCUT2D eigenvalue weighted by atomic mass is 9.92. The minimum atomic E-state index is -0.302. The lowest BCUT2D eigenvalue weighted by Crippen LogP contribution is -2.16. The number of pyridine rings is 1. The smallest absolute Gasteiger partial charge is 0.268 e. The zero-order valence-corrected chi connectivity index (χ0v) is 20.7. The number of ketones is 1. The SMILES string of the molecule is CC(CC(=O)c1cc(-c2ccncc2)ncn1)c1ncc(C(=O)Nc2cc(C(C)(C)C)ncn2)s1. The lowest BCUT2D eigenvalue weighted by Gasteiger charge is -2.17. The van der Waals surface area contributed by atoms with E-state index < -0.39 is 0 Å². The van der Waals surface area contributed by atoms with Gasteiger partial charge in [0.15, 0.2) is 5.78 Å². The fourth-order valence-electron chi connectivity index (χ4n) is 3.29. The molecule has 4 aromatic heterocycles. The van der Waals surface area contributed by atoms with Crippen LogP contribution in [-0.2, 0) is 5.41 Å². The predicted molar refractivity (Wildman–Crippen MR) is 133 cm³/mol. The molecule has 4 rings (SSSR count). The van der Waals surface area contributed by atoms with Crippen LogP contribution in [0.15, 0.2) is 55.5 Å². The molecule has 10 heteroatoms. The highest BCUT2D eigenvalue weighted by atomic mass is 32.1. The Morgan fingerprint density at radius 2 is 1.74 bits per heavy atom. The van der Waals surface area contributed by atoms with Gasteiger partial charge < -0.3 is 5.32 Å². The summed E-state index contributed by atoms with van der Waals surface area (Å²) in [6, 6.07) is 7.10. The van der Waals surface area contributed by atoms with Crippen molar-refractivity contribution in [1.82, 2.24) is 29.9 Å². The Morgan fingerprint density at radius 3 is 2.49 bits per heavy atom. The second-order valence-corrected chi connectivity index (χ2v) is 10.2. The Bertz CT molecular complexity index is 1350. The molecule has 4 aromatic rings. The van der Waals surface area contributed by atoms with Crippen molar-refractivity contribution in [3.8, 4) is 11.3 Å². The summed E-state index contributed by atoms with van der Waals surface area (Å²) in [6.07, 6.45) is 7.90. The van der Waals surface area contributed by atoms with Crippen molar-refractivity contribution < 1.29 is 9.59 Å². The van der Waals surface area contributed by atoms with Crippen LogP contribution in [0, 0.1) is 0 Å². The van der Waals surface area contributed by atoms with Gasteiger partial charge in [0.1, 0.15) is 29.0 Å². The molecule has 0 radical (unpaired) electrons. The summed E-state index contributed by atoms with van der Waals surface area (Å²) in [5.41, 5.74) is 2.53. The third-order valence-electron chi connectivity index (χ3n) is 5.27. The number of carbonyl (C=O) groups excluding carboxylic acids is 2. The van der Waals surface area contributed by atoms with Crippen LogP contribution in [-0.4, -0.2) is 41.6 Å². The summed E-state index contributed by atoms with van der Waals surface area (Å²) in [5.74, 6) is -0.169. The summed E-state index contributed by atoms with van der Waals surface area (Å²) < 4.78 is 0.